The summed E-state index contributed by atoms with van der Waals surface area (Å²) in [5.41, 5.74) is 7.88. The fourth-order valence-electron chi connectivity index (χ4n) is 2.56. The maximum Gasteiger partial charge on any atom is 0.107 e. The lowest BCUT2D eigenvalue weighted by molar-refractivity contribution is 0.0368. The van der Waals surface area contributed by atoms with E-state index in [9.17, 15) is 0 Å². The molecule has 1 aromatic rings. The molecule has 0 amide bonds. The number of nitrogens with zero attached hydrogens (tertiary/aromatic N) is 1. The molecule has 6 heteroatoms. The normalized spacial score (nSPS) is 17.4. The molecule has 0 saturated carbocycles. The molecule has 0 bridgehead atoms. The van der Waals surface area contributed by atoms with Gasteiger partial charge in [-0.2, -0.15) is 0 Å². The van der Waals surface area contributed by atoms with E-state index in [1.165, 1.54) is 0 Å². The van der Waals surface area contributed by atoms with Gasteiger partial charge in [0.1, 0.15) is 4.99 Å². The first kappa shape index (κ1) is 16.5. The molecule has 116 valence electrons. The Labute approximate surface area is 136 Å². The van der Waals surface area contributed by atoms with Crippen molar-refractivity contribution in [1.29, 1.82) is 0 Å². The predicted octanol–water partition coefficient (Wildman–Crippen LogP) is 2.18. The summed E-state index contributed by atoms with van der Waals surface area (Å²) in [5.74, 6) is 0. The summed E-state index contributed by atoms with van der Waals surface area (Å²) < 4.78 is 5.38. The number of thiocarbonyl (C=S) groups is 1. The number of anilines is 1. The molecule has 3 N–H and O–H groups in total. The number of ether oxygens (including phenoxy) is 1. The Morgan fingerprint density at radius 3 is 2.81 bits per heavy atom. The molecule has 0 aliphatic carbocycles. The Morgan fingerprint density at radius 2 is 2.19 bits per heavy atom. The second kappa shape index (κ2) is 7.98. The summed E-state index contributed by atoms with van der Waals surface area (Å²) in [7, 11) is 0. The third kappa shape index (κ3) is 4.57. The molecule has 1 aliphatic rings. The summed E-state index contributed by atoms with van der Waals surface area (Å²) >= 11 is 6.88. The van der Waals surface area contributed by atoms with Crippen LogP contribution >= 0.6 is 24.0 Å². The molecule has 1 atom stereocenters. The van der Waals surface area contributed by atoms with E-state index in [1.807, 2.05) is 18.4 Å². The van der Waals surface area contributed by atoms with Gasteiger partial charge in [0.25, 0.3) is 0 Å². The van der Waals surface area contributed by atoms with Gasteiger partial charge in [0.2, 0.25) is 0 Å². The minimum atomic E-state index is 0.327. The predicted molar refractivity (Wildman–Crippen MR) is 94.5 cm³/mol. The Hall–Kier alpha value is -0.820. The van der Waals surface area contributed by atoms with Gasteiger partial charge in [-0.25, -0.2) is 0 Å². The van der Waals surface area contributed by atoms with Gasteiger partial charge in [-0.15, -0.1) is 11.8 Å². The fraction of sp³-hybridized carbons (Fsp3) is 0.533. The van der Waals surface area contributed by atoms with E-state index in [2.05, 4.69) is 23.2 Å². The summed E-state index contributed by atoms with van der Waals surface area (Å²) in [6, 6.07) is 6.46. The zero-order valence-electron chi connectivity index (χ0n) is 12.6. The molecule has 1 saturated heterocycles. The molecule has 1 unspecified atom stereocenters. The minimum absolute atomic E-state index is 0.327. The average molecular weight is 326 g/mol. The number of rotatable bonds is 6. The van der Waals surface area contributed by atoms with Crippen LogP contribution in [0.1, 0.15) is 12.5 Å². The molecule has 21 heavy (non-hydrogen) atoms. The number of nitrogens with two attached hydrogens (primary N) is 1. The molecule has 1 heterocycles. The van der Waals surface area contributed by atoms with Crippen molar-refractivity contribution in [3.05, 3.63) is 23.8 Å². The van der Waals surface area contributed by atoms with Crippen LogP contribution in [0.15, 0.2) is 23.1 Å². The molecule has 2 rings (SSSR count). The van der Waals surface area contributed by atoms with Crippen LogP contribution in [0.5, 0.6) is 0 Å². The molecule has 4 nitrogen and oxygen atoms in total. The van der Waals surface area contributed by atoms with E-state index < -0.39 is 0 Å². The van der Waals surface area contributed by atoms with E-state index >= 15 is 0 Å². The smallest absolute Gasteiger partial charge is 0.107 e. The van der Waals surface area contributed by atoms with Crippen molar-refractivity contribution in [2.75, 3.05) is 44.4 Å². The SMILES string of the molecule is CSc1cccc(NC(C)CN2CCOCC2)c1C(N)=S. The molecule has 0 spiro atoms. The Morgan fingerprint density at radius 1 is 1.48 bits per heavy atom. The summed E-state index contributed by atoms with van der Waals surface area (Å²) in [6.07, 6.45) is 2.04. The van der Waals surface area contributed by atoms with Crippen molar-refractivity contribution in [1.82, 2.24) is 4.90 Å². The molecular weight excluding hydrogens is 302 g/mol. The van der Waals surface area contributed by atoms with Crippen molar-refractivity contribution in [3.8, 4) is 0 Å². The highest BCUT2D eigenvalue weighted by Crippen LogP contribution is 2.27. The van der Waals surface area contributed by atoms with Crippen LogP contribution in [0, 0.1) is 0 Å². The number of morpholine rings is 1. The second-order valence-electron chi connectivity index (χ2n) is 5.21. The molecule has 1 fully saturated rings. The lowest BCUT2D eigenvalue weighted by atomic mass is 10.1. The van der Waals surface area contributed by atoms with Crippen molar-refractivity contribution in [3.63, 3.8) is 0 Å². The molecule has 1 aromatic carbocycles. The van der Waals surface area contributed by atoms with Gasteiger partial charge < -0.3 is 15.8 Å². The van der Waals surface area contributed by atoms with Gasteiger partial charge in [0.05, 0.1) is 13.2 Å². The van der Waals surface area contributed by atoms with Crippen LogP contribution in [0.25, 0.3) is 0 Å². The average Bonchev–Trinajstić information content (AvgIpc) is 2.47. The van der Waals surface area contributed by atoms with Gasteiger partial charge in [0, 0.05) is 41.8 Å². The first-order chi connectivity index (χ1) is 10.1. The Kier molecular flexibility index (Phi) is 6.29. The Balaban J connectivity index is 2.05. The van der Waals surface area contributed by atoms with Crippen molar-refractivity contribution in [2.45, 2.75) is 17.9 Å². The summed E-state index contributed by atoms with van der Waals surface area (Å²) in [5, 5.41) is 3.55. The first-order valence-corrected chi connectivity index (χ1v) is 8.78. The lowest BCUT2D eigenvalue weighted by Crippen LogP contribution is -2.42. The molecular formula is C15H23N3OS2. The maximum atomic E-state index is 5.90. The lowest BCUT2D eigenvalue weighted by Gasteiger charge is -2.30. The van der Waals surface area contributed by atoms with Gasteiger partial charge >= 0.3 is 0 Å². The molecule has 0 radical (unpaired) electrons. The van der Waals surface area contributed by atoms with Crippen molar-refractivity contribution >= 4 is 34.7 Å². The number of hydrogen-bond acceptors (Lipinski definition) is 5. The van der Waals surface area contributed by atoms with E-state index in [1.54, 1.807) is 11.8 Å². The second-order valence-corrected chi connectivity index (χ2v) is 6.49. The molecule has 0 aromatic heterocycles. The van der Waals surface area contributed by atoms with Crippen LogP contribution in [0.4, 0.5) is 5.69 Å². The highest BCUT2D eigenvalue weighted by Gasteiger charge is 2.16. The number of thioether (sulfide) groups is 1. The summed E-state index contributed by atoms with van der Waals surface area (Å²) in [4.78, 5) is 3.98. The Bertz CT molecular complexity index is 490. The third-order valence-electron chi connectivity index (χ3n) is 3.53. The number of nitrogens with one attached hydrogen (secondary N) is 1. The molecule has 1 aliphatic heterocycles. The minimum Gasteiger partial charge on any atom is -0.389 e. The van der Waals surface area contributed by atoms with Crippen molar-refractivity contribution < 1.29 is 4.74 Å². The van der Waals surface area contributed by atoms with E-state index in [4.69, 9.17) is 22.7 Å². The third-order valence-corrected chi connectivity index (χ3v) is 4.51. The number of hydrogen-bond donors (Lipinski definition) is 2. The quantitative estimate of drug-likeness (QED) is 0.618. The van der Waals surface area contributed by atoms with Crippen LogP contribution in [0.2, 0.25) is 0 Å². The van der Waals surface area contributed by atoms with Crippen LogP contribution < -0.4 is 11.1 Å². The maximum absolute atomic E-state index is 5.90. The highest BCUT2D eigenvalue weighted by molar-refractivity contribution is 7.98. The monoisotopic (exact) mass is 325 g/mol. The summed E-state index contributed by atoms with van der Waals surface area (Å²) in [6.45, 7) is 6.83. The zero-order chi connectivity index (χ0) is 15.2. The van der Waals surface area contributed by atoms with Gasteiger partial charge in [-0.3, -0.25) is 4.90 Å². The van der Waals surface area contributed by atoms with Gasteiger partial charge in [-0.05, 0) is 25.3 Å². The zero-order valence-corrected chi connectivity index (χ0v) is 14.2. The standard InChI is InChI=1S/C15H23N3OS2/c1-11(10-18-6-8-19-9-7-18)17-12-4-3-5-13(21-2)14(12)15(16)20/h3-5,11,17H,6-10H2,1-2H3,(H2,16,20). The van der Waals surface area contributed by atoms with Crippen LogP contribution in [-0.2, 0) is 4.74 Å². The topological polar surface area (TPSA) is 50.5 Å². The van der Waals surface area contributed by atoms with Crippen molar-refractivity contribution in [2.24, 2.45) is 5.73 Å². The van der Waals surface area contributed by atoms with E-state index in [0.717, 1.165) is 49.0 Å². The van der Waals surface area contributed by atoms with Crippen LogP contribution in [0.3, 0.4) is 0 Å². The first-order valence-electron chi connectivity index (χ1n) is 7.15. The fourth-order valence-corrected chi connectivity index (χ4v) is 3.48. The highest BCUT2D eigenvalue weighted by atomic mass is 32.2. The number of benzene rings is 1. The van der Waals surface area contributed by atoms with Gasteiger partial charge in [-0.1, -0.05) is 18.3 Å². The van der Waals surface area contributed by atoms with E-state index in [-0.39, 0.29) is 0 Å². The van der Waals surface area contributed by atoms with E-state index in [0.29, 0.717) is 11.0 Å². The largest absolute Gasteiger partial charge is 0.389 e. The van der Waals surface area contributed by atoms with Crippen LogP contribution in [-0.4, -0.2) is 55.0 Å². The van der Waals surface area contributed by atoms with Gasteiger partial charge in [0.15, 0.2) is 0 Å².